The van der Waals surface area contributed by atoms with E-state index in [0.717, 1.165) is 103 Å². The summed E-state index contributed by atoms with van der Waals surface area (Å²) in [4.78, 5) is 23.9. The van der Waals surface area contributed by atoms with Gasteiger partial charge < -0.3 is 38.9 Å². The van der Waals surface area contributed by atoms with E-state index in [0.29, 0.717) is 57.1 Å². The lowest BCUT2D eigenvalue weighted by Gasteiger charge is -2.60. The van der Waals surface area contributed by atoms with E-state index in [4.69, 9.17) is 28.9 Å². The van der Waals surface area contributed by atoms with Crippen LogP contribution in [0.3, 0.4) is 0 Å². The van der Waals surface area contributed by atoms with E-state index in [2.05, 4.69) is 72.7 Å². The van der Waals surface area contributed by atoms with E-state index in [1.165, 1.54) is 12.8 Å². The highest BCUT2D eigenvalue weighted by Gasteiger charge is 2.65. The molecule has 7 unspecified atom stereocenters. The number of aliphatic hydroxyl groups is 2. The minimum absolute atomic E-state index is 0.0750. The van der Waals surface area contributed by atoms with Gasteiger partial charge in [0, 0.05) is 50.5 Å². The van der Waals surface area contributed by atoms with Crippen LogP contribution in [0.2, 0.25) is 0 Å². The molecule has 344 valence electrons. The van der Waals surface area contributed by atoms with Crippen LogP contribution in [-0.4, -0.2) is 77.9 Å². The number of hydrogen-bond acceptors (Lipinski definition) is 9. The second-order valence-corrected chi connectivity index (χ2v) is 18.6. The van der Waals surface area contributed by atoms with Crippen LogP contribution >= 0.6 is 0 Å². The van der Waals surface area contributed by atoms with Gasteiger partial charge >= 0.3 is 0 Å². The number of aliphatic hydroxyl groups excluding tert-OH is 2. The number of nitrogens with zero attached hydrogens (tertiary/aromatic N) is 2. The lowest BCUT2D eigenvalue weighted by Crippen LogP contribution is -2.70. The van der Waals surface area contributed by atoms with Crippen molar-refractivity contribution in [3.8, 4) is 11.5 Å². The summed E-state index contributed by atoms with van der Waals surface area (Å²) < 4.78 is 27.1. The second-order valence-electron chi connectivity index (χ2n) is 18.6. The molecule has 1 amide bonds. The van der Waals surface area contributed by atoms with Crippen LogP contribution in [0.25, 0.3) is 10.8 Å². The highest BCUT2D eigenvalue weighted by Crippen LogP contribution is 2.62. The SMILES string of the molecule is C=CCOc1ccc2c(c1)C1C(CCCCO)C(CCCCO)C=C3C(=NOC4CCCCO4)CC(N(Cc4cccc5ccccc45)C(=O)CCC4CCCC4)C(OCC=C)(O2)C31. The van der Waals surface area contributed by atoms with Crippen LogP contribution in [-0.2, 0) is 25.7 Å². The topological polar surface area (TPSA) is 119 Å². The Bertz CT molecular complexity index is 2100. The molecule has 3 fully saturated rings. The first-order valence-electron chi connectivity index (χ1n) is 24.3. The van der Waals surface area contributed by atoms with Crippen molar-refractivity contribution in [2.75, 3.05) is 33.0 Å². The summed E-state index contributed by atoms with van der Waals surface area (Å²) in [5.41, 5.74) is 3.88. The van der Waals surface area contributed by atoms with Gasteiger partial charge in [-0.3, -0.25) is 4.79 Å². The van der Waals surface area contributed by atoms with E-state index >= 15 is 4.79 Å². The van der Waals surface area contributed by atoms with Crippen molar-refractivity contribution in [2.45, 2.75) is 133 Å². The predicted molar refractivity (Wildman–Crippen MR) is 251 cm³/mol. The third-order valence-corrected chi connectivity index (χ3v) is 14.6. The van der Waals surface area contributed by atoms with Gasteiger partial charge in [0.15, 0.2) is 0 Å². The molecule has 3 aliphatic carbocycles. The van der Waals surface area contributed by atoms with Gasteiger partial charge in [-0.05, 0) is 103 Å². The standard InChI is InChI=1S/C54H70N2O8/c1-3-31-60-42-26-27-48-46(35-42)52-44(23-10-13-30-58)40(19-9-12-29-57)34-45-47(55-64-51-24-11-14-33-61-51)36-49(54(63-48,53(45)52)62-32-4-2)56(50(59)28-25-38-16-5-6-17-38)37-41-21-15-20-39-18-7-8-22-43(39)41/h3-4,7-8,15,18,20-22,26-27,34-35,38,40,44,49,51-53,57-58H,1-2,5-6,9-14,16-17,19,23-25,28-33,36-37H2. The molecule has 7 atom stereocenters. The third-order valence-electron chi connectivity index (χ3n) is 14.6. The third kappa shape index (κ3) is 10.2. The van der Waals surface area contributed by atoms with Crippen molar-refractivity contribution in [3.63, 3.8) is 0 Å². The Hall–Kier alpha value is -4.48. The first-order chi connectivity index (χ1) is 31.5. The Labute approximate surface area is 380 Å². The molecule has 10 heteroatoms. The average Bonchev–Trinajstić information content (AvgIpc) is 3.86. The molecule has 3 aromatic carbocycles. The van der Waals surface area contributed by atoms with Crippen LogP contribution in [0.1, 0.15) is 120 Å². The molecule has 0 bridgehead atoms. The Kier molecular flexibility index (Phi) is 15.9. The predicted octanol–water partition coefficient (Wildman–Crippen LogP) is 10.6. The van der Waals surface area contributed by atoms with E-state index in [-0.39, 0.29) is 43.5 Å². The van der Waals surface area contributed by atoms with Crippen molar-refractivity contribution >= 4 is 22.4 Å². The first kappa shape index (κ1) is 46.1. The van der Waals surface area contributed by atoms with Gasteiger partial charge in [-0.2, -0.15) is 0 Å². The Morgan fingerprint density at radius 3 is 2.45 bits per heavy atom. The Balaban J connectivity index is 1.34. The number of rotatable bonds is 22. The fourth-order valence-corrected chi connectivity index (χ4v) is 11.6. The highest BCUT2D eigenvalue weighted by molar-refractivity contribution is 6.03. The number of benzene rings is 3. The van der Waals surface area contributed by atoms with Gasteiger partial charge in [-0.15, -0.1) is 6.58 Å². The normalized spacial score (nSPS) is 27.0. The number of amides is 1. The molecule has 2 heterocycles. The maximum Gasteiger partial charge on any atom is 0.239 e. The van der Waals surface area contributed by atoms with E-state index < -0.39 is 24.0 Å². The number of ether oxygens (including phenoxy) is 4. The summed E-state index contributed by atoms with van der Waals surface area (Å²) in [5.74, 6) is 0.370. The number of hydrogen-bond donors (Lipinski definition) is 2. The second kappa shape index (κ2) is 22.1. The first-order valence-corrected chi connectivity index (χ1v) is 24.3. The smallest absolute Gasteiger partial charge is 0.239 e. The monoisotopic (exact) mass is 875 g/mol. The van der Waals surface area contributed by atoms with Crippen LogP contribution in [0.5, 0.6) is 11.5 Å². The van der Waals surface area contributed by atoms with Gasteiger partial charge in [0.05, 0.1) is 24.8 Å². The summed E-state index contributed by atoms with van der Waals surface area (Å²) in [5, 5.41) is 27.3. The fourth-order valence-electron chi connectivity index (χ4n) is 11.6. The molecular weight excluding hydrogens is 805 g/mol. The van der Waals surface area contributed by atoms with Crippen molar-refractivity contribution in [1.82, 2.24) is 4.90 Å². The zero-order valence-electron chi connectivity index (χ0n) is 37.8. The molecular formula is C54H70N2O8. The van der Waals surface area contributed by atoms with E-state index in [1.54, 1.807) is 12.2 Å². The maximum absolute atomic E-state index is 15.4. The molecule has 5 aliphatic rings. The molecule has 1 saturated heterocycles. The number of fused-ring (bicyclic) bond motifs is 3. The molecule has 64 heavy (non-hydrogen) atoms. The molecule has 8 rings (SSSR count). The highest BCUT2D eigenvalue weighted by atomic mass is 16.8. The largest absolute Gasteiger partial charge is 0.490 e. The average molecular weight is 875 g/mol. The minimum Gasteiger partial charge on any atom is -0.490 e. The lowest BCUT2D eigenvalue weighted by atomic mass is 9.55. The molecule has 2 aliphatic heterocycles. The van der Waals surface area contributed by atoms with Gasteiger partial charge in [0.25, 0.3) is 0 Å². The summed E-state index contributed by atoms with van der Waals surface area (Å²) >= 11 is 0. The zero-order chi connectivity index (χ0) is 44.3. The van der Waals surface area contributed by atoms with Gasteiger partial charge in [-0.25, -0.2) is 0 Å². The molecule has 0 aromatic heterocycles. The van der Waals surface area contributed by atoms with Crippen molar-refractivity contribution < 1.29 is 38.8 Å². The number of unbranched alkanes of at least 4 members (excludes halogenated alkanes) is 2. The summed E-state index contributed by atoms with van der Waals surface area (Å²) in [6.07, 6.45) is 19.4. The zero-order valence-corrected chi connectivity index (χ0v) is 37.8. The van der Waals surface area contributed by atoms with Gasteiger partial charge in [0.2, 0.25) is 18.0 Å². The van der Waals surface area contributed by atoms with Gasteiger partial charge in [-0.1, -0.05) is 111 Å². The molecule has 2 saturated carbocycles. The molecule has 0 radical (unpaired) electrons. The molecule has 3 aromatic rings. The number of oxime groups is 1. The van der Waals surface area contributed by atoms with Crippen LogP contribution < -0.4 is 9.47 Å². The van der Waals surface area contributed by atoms with E-state index in [1.807, 2.05) is 12.1 Å². The molecule has 2 N–H and O–H groups in total. The van der Waals surface area contributed by atoms with Crippen molar-refractivity contribution in [3.05, 3.63) is 109 Å². The quantitative estimate of drug-likeness (QED) is 0.0582. The summed E-state index contributed by atoms with van der Waals surface area (Å²) in [6.45, 7) is 9.83. The number of carbonyl (C=O) groups excluding carboxylic acids is 1. The minimum atomic E-state index is -1.35. The van der Waals surface area contributed by atoms with Crippen LogP contribution in [0, 0.1) is 23.7 Å². The summed E-state index contributed by atoms with van der Waals surface area (Å²) in [7, 11) is 0. The maximum atomic E-state index is 15.4. The molecule has 0 spiro atoms. The van der Waals surface area contributed by atoms with Gasteiger partial charge in [0.1, 0.15) is 24.1 Å². The number of allylic oxidation sites excluding steroid dienone is 1. The fraction of sp³-hybridized carbons (Fsp3) is 0.556. The summed E-state index contributed by atoms with van der Waals surface area (Å²) in [6, 6.07) is 20.2. The van der Waals surface area contributed by atoms with Crippen LogP contribution in [0.4, 0.5) is 0 Å². The Morgan fingerprint density at radius 2 is 1.67 bits per heavy atom. The van der Waals surface area contributed by atoms with Crippen LogP contribution in [0.15, 0.2) is 103 Å². The molecule has 10 nitrogen and oxygen atoms in total. The number of carbonyl (C=O) groups is 1. The van der Waals surface area contributed by atoms with Crippen molar-refractivity contribution in [1.29, 1.82) is 0 Å². The Morgan fingerprint density at radius 1 is 0.891 bits per heavy atom. The van der Waals surface area contributed by atoms with E-state index in [9.17, 15) is 10.2 Å². The lowest BCUT2D eigenvalue weighted by molar-refractivity contribution is -0.258. The van der Waals surface area contributed by atoms with Crippen molar-refractivity contribution in [2.24, 2.45) is 28.8 Å².